The Bertz CT molecular complexity index is 783. The molecule has 0 spiro atoms. The third kappa shape index (κ3) is 2.33. The summed E-state index contributed by atoms with van der Waals surface area (Å²) in [4.78, 5) is 30.8. The Balaban J connectivity index is 1.86. The summed E-state index contributed by atoms with van der Waals surface area (Å²) in [5, 5.41) is 5.00. The van der Waals surface area contributed by atoms with Gasteiger partial charge in [-0.1, -0.05) is 11.6 Å². The van der Waals surface area contributed by atoms with Crippen LogP contribution in [0.3, 0.4) is 0 Å². The number of amides is 1. The van der Waals surface area contributed by atoms with Crippen LogP contribution in [-0.2, 0) is 6.54 Å². The number of carbonyl (C=O) groups excluding carboxylic acids is 1. The van der Waals surface area contributed by atoms with E-state index in [-0.39, 0.29) is 16.8 Å². The van der Waals surface area contributed by atoms with Gasteiger partial charge in [-0.25, -0.2) is 9.97 Å². The van der Waals surface area contributed by atoms with Gasteiger partial charge < -0.3 is 10.7 Å². The Labute approximate surface area is 121 Å². The molecule has 0 atom stereocenters. The van der Waals surface area contributed by atoms with Crippen LogP contribution < -0.4 is 11.1 Å². The fourth-order valence-corrected chi connectivity index (χ4v) is 2.40. The molecule has 0 radical (unpaired) electrons. The van der Waals surface area contributed by atoms with Gasteiger partial charge in [0.05, 0.1) is 6.33 Å². The molecule has 0 aliphatic carbocycles. The van der Waals surface area contributed by atoms with E-state index in [1.165, 1.54) is 17.7 Å². The van der Waals surface area contributed by atoms with Crippen molar-refractivity contribution in [2.45, 2.75) is 6.54 Å². The summed E-state index contributed by atoms with van der Waals surface area (Å²) < 4.78 is 0. The van der Waals surface area contributed by atoms with Gasteiger partial charge >= 0.3 is 0 Å². The molecule has 3 aromatic rings. The first kappa shape index (κ1) is 12.9. The van der Waals surface area contributed by atoms with Crippen molar-refractivity contribution in [3.05, 3.63) is 27.6 Å². The Morgan fingerprint density at radius 2 is 2.30 bits per heavy atom. The van der Waals surface area contributed by atoms with E-state index in [9.17, 15) is 4.79 Å². The minimum atomic E-state index is -0.424. The zero-order valence-corrected chi connectivity index (χ0v) is 11.5. The van der Waals surface area contributed by atoms with Gasteiger partial charge in [0, 0.05) is 11.9 Å². The number of nitrogens with one attached hydrogen (secondary N) is 2. The van der Waals surface area contributed by atoms with Crippen LogP contribution in [-0.4, -0.2) is 30.8 Å². The first-order chi connectivity index (χ1) is 9.67. The second-order valence-electron chi connectivity index (χ2n) is 3.72. The lowest BCUT2D eigenvalue weighted by molar-refractivity contribution is 0.102. The number of aromatic amines is 1. The number of fused-ring (bicyclic) bond motifs is 1. The highest BCUT2D eigenvalue weighted by molar-refractivity contribution is 7.09. The first-order valence-corrected chi connectivity index (χ1v) is 6.75. The number of anilines is 1. The zero-order valence-electron chi connectivity index (χ0n) is 9.92. The highest BCUT2D eigenvalue weighted by Crippen LogP contribution is 2.18. The number of aromatic nitrogens is 5. The number of hydrogen-bond acceptors (Lipinski definition) is 7. The van der Waals surface area contributed by atoms with Crippen LogP contribution in [0.2, 0.25) is 5.15 Å². The lowest BCUT2D eigenvalue weighted by Gasteiger charge is -2.01. The Hall–Kier alpha value is -2.10. The van der Waals surface area contributed by atoms with Crippen LogP contribution in [0.15, 0.2) is 11.7 Å². The highest BCUT2D eigenvalue weighted by Gasteiger charge is 2.14. The van der Waals surface area contributed by atoms with Crippen molar-refractivity contribution in [1.29, 1.82) is 0 Å². The average Bonchev–Trinajstić information content (AvgIpc) is 3.07. The summed E-state index contributed by atoms with van der Waals surface area (Å²) in [5.41, 5.74) is 6.60. The third-order valence-electron chi connectivity index (χ3n) is 2.43. The third-order valence-corrected chi connectivity index (χ3v) is 3.57. The second-order valence-corrected chi connectivity index (χ2v) is 5.02. The topological polar surface area (TPSA) is 122 Å². The van der Waals surface area contributed by atoms with E-state index in [0.717, 1.165) is 0 Å². The Morgan fingerprint density at radius 3 is 3.05 bits per heavy atom. The predicted octanol–water partition coefficient (Wildman–Crippen LogP) is 1.17. The Kier molecular flexibility index (Phi) is 3.30. The average molecular weight is 310 g/mol. The van der Waals surface area contributed by atoms with Crippen molar-refractivity contribution in [2.75, 3.05) is 5.32 Å². The van der Waals surface area contributed by atoms with Crippen LogP contribution in [0.25, 0.3) is 11.2 Å². The number of carbonyl (C=O) groups is 1. The predicted molar refractivity (Wildman–Crippen MR) is 74.7 cm³/mol. The molecule has 0 aromatic carbocycles. The lowest BCUT2D eigenvalue weighted by atomic mass is 10.4. The van der Waals surface area contributed by atoms with E-state index in [1.54, 1.807) is 5.38 Å². The number of imidazole rings is 1. The number of hydrogen-bond donors (Lipinski definition) is 3. The monoisotopic (exact) mass is 309 g/mol. The fraction of sp³-hybridized carbons (Fsp3) is 0.100. The molecule has 0 unspecified atom stereocenters. The van der Waals surface area contributed by atoms with Crippen molar-refractivity contribution < 1.29 is 4.79 Å². The van der Waals surface area contributed by atoms with Gasteiger partial charge in [-0.15, -0.1) is 11.3 Å². The van der Waals surface area contributed by atoms with E-state index >= 15 is 0 Å². The van der Waals surface area contributed by atoms with Crippen LogP contribution in [0.5, 0.6) is 0 Å². The normalized spacial score (nSPS) is 10.9. The molecule has 10 heteroatoms. The van der Waals surface area contributed by atoms with Gasteiger partial charge in [-0.3, -0.25) is 10.1 Å². The summed E-state index contributed by atoms with van der Waals surface area (Å²) in [6, 6.07) is 0. The molecular formula is C10H8ClN7OS. The SMILES string of the molecule is NCc1nc(C(=O)Nc2nc(Cl)c3[nH]cnc3n2)cs1. The summed E-state index contributed by atoms with van der Waals surface area (Å²) >= 11 is 7.27. The number of nitrogens with zero attached hydrogens (tertiary/aromatic N) is 4. The highest BCUT2D eigenvalue weighted by atomic mass is 35.5. The molecule has 0 aliphatic rings. The molecule has 3 rings (SSSR count). The van der Waals surface area contributed by atoms with Crippen LogP contribution in [0.4, 0.5) is 5.95 Å². The molecule has 3 heterocycles. The minimum absolute atomic E-state index is 0.0712. The van der Waals surface area contributed by atoms with E-state index in [1.807, 2.05) is 0 Å². The molecule has 8 nitrogen and oxygen atoms in total. The standard InChI is InChI=1S/C10H8ClN7OS/c11-7-6-8(14-3-13-6)17-10(16-7)18-9(19)4-2-20-5(1-12)15-4/h2-3H,1,12H2,(H2,13,14,16,17,18,19). The van der Waals surface area contributed by atoms with Gasteiger partial charge in [0.1, 0.15) is 16.2 Å². The lowest BCUT2D eigenvalue weighted by Crippen LogP contribution is -2.15. The summed E-state index contributed by atoms with van der Waals surface area (Å²) in [6.07, 6.45) is 1.45. The van der Waals surface area contributed by atoms with Gasteiger partial charge in [0.25, 0.3) is 5.91 Å². The van der Waals surface area contributed by atoms with E-state index in [2.05, 4.69) is 30.2 Å². The quantitative estimate of drug-likeness (QED) is 0.624. The molecule has 3 aromatic heterocycles. The number of halogens is 1. The molecule has 102 valence electrons. The van der Waals surface area contributed by atoms with Crippen LogP contribution in [0.1, 0.15) is 15.5 Å². The summed E-state index contributed by atoms with van der Waals surface area (Å²) in [5.74, 6) is -0.353. The molecule has 4 N–H and O–H groups in total. The molecule has 0 aliphatic heterocycles. The second kappa shape index (κ2) is 5.12. The number of H-pyrrole nitrogens is 1. The smallest absolute Gasteiger partial charge is 0.277 e. The molecular weight excluding hydrogens is 302 g/mol. The largest absolute Gasteiger partial charge is 0.341 e. The maximum atomic E-state index is 12.0. The molecule has 20 heavy (non-hydrogen) atoms. The van der Waals surface area contributed by atoms with Gasteiger partial charge in [0.2, 0.25) is 5.95 Å². The fourth-order valence-electron chi connectivity index (χ4n) is 1.53. The maximum absolute atomic E-state index is 12.0. The van der Waals surface area contributed by atoms with Crippen molar-refractivity contribution in [1.82, 2.24) is 24.9 Å². The molecule has 0 bridgehead atoms. The van der Waals surface area contributed by atoms with Crippen LogP contribution in [0, 0.1) is 0 Å². The van der Waals surface area contributed by atoms with Gasteiger partial charge in [0.15, 0.2) is 10.8 Å². The Morgan fingerprint density at radius 1 is 1.45 bits per heavy atom. The van der Waals surface area contributed by atoms with E-state index < -0.39 is 5.91 Å². The molecule has 0 saturated carbocycles. The number of nitrogens with two attached hydrogens (primary N) is 1. The van der Waals surface area contributed by atoms with Gasteiger partial charge in [-0.2, -0.15) is 9.97 Å². The summed E-state index contributed by atoms with van der Waals surface area (Å²) in [6.45, 7) is 0.291. The minimum Gasteiger partial charge on any atom is -0.341 e. The van der Waals surface area contributed by atoms with Gasteiger partial charge in [-0.05, 0) is 0 Å². The first-order valence-electron chi connectivity index (χ1n) is 5.50. The molecule has 0 fully saturated rings. The number of rotatable bonds is 3. The molecule has 0 saturated heterocycles. The van der Waals surface area contributed by atoms with E-state index in [0.29, 0.717) is 22.7 Å². The van der Waals surface area contributed by atoms with Crippen molar-refractivity contribution in [2.24, 2.45) is 5.73 Å². The van der Waals surface area contributed by atoms with Crippen LogP contribution >= 0.6 is 22.9 Å². The zero-order chi connectivity index (χ0) is 14.1. The maximum Gasteiger partial charge on any atom is 0.277 e. The van der Waals surface area contributed by atoms with Crippen molar-refractivity contribution in [3.63, 3.8) is 0 Å². The number of thiazole rings is 1. The van der Waals surface area contributed by atoms with Crippen molar-refractivity contribution in [3.8, 4) is 0 Å². The van der Waals surface area contributed by atoms with E-state index in [4.69, 9.17) is 17.3 Å². The van der Waals surface area contributed by atoms with Crippen molar-refractivity contribution >= 4 is 46.0 Å². The summed E-state index contributed by atoms with van der Waals surface area (Å²) in [7, 11) is 0. The molecule has 1 amide bonds.